The SMILES string of the molecule is Cc1ccc(F)c(C(=O)c2cccc3c2OCCO3)c1. The summed E-state index contributed by atoms with van der Waals surface area (Å²) in [5, 5.41) is 0. The van der Waals surface area contributed by atoms with Gasteiger partial charge in [-0.2, -0.15) is 0 Å². The Morgan fingerprint density at radius 1 is 1.10 bits per heavy atom. The fraction of sp³-hybridized carbons (Fsp3) is 0.188. The van der Waals surface area contributed by atoms with Gasteiger partial charge in [-0.15, -0.1) is 0 Å². The average Bonchev–Trinajstić information content (AvgIpc) is 2.48. The molecule has 0 aromatic heterocycles. The molecule has 102 valence electrons. The van der Waals surface area contributed by atoms with E-state index in [1.54, 1.807) is 30.3 Å². The van der Waals surface area contributed by atoms with Gasteiger partial charge in [-0.3, -0.25) is 4.79 Å². The molecule has 3 rings (SSSR count). The van der Waals surface area contributed by atoms with Crippen molar-refractivity contribution in [3.8, 4) is 11.5 Å². The molecule has 0 unspecified atom stereocenters. The third kappa shape index (κ3) is 2.13. The first-order valence-corrected chi connectivity index (χ1v) is 6.36. The van der Waals surface area contributed by atoms with Crippen LogP contribution in [-0.4, -0.2) is 19.0 Å². The molecule has 1 heterocycles. The van der Waals surface area contributed by atoms with Crippen LogP contribution in [0.25, 0.3) is 0 Å². The van der Waals surface area contributed by atoms with Gasteiger partial charge in [0.25, 0.3) is 0 Å². The zero-order chi connectivity index (χ0) is 14.1. The molecule has 0 atom stereocenters. The highest BCUT2D eigenvalue weighted by molar-refractivity contribution is 6.11. The zero-order valence-corrected chi connectivity index (χ0v) is 11.0. The average molecular weight is 272 g/mol. The van der Waals surface area contributed by atoms with E-state index in [1.165, 1.54) is 6.07 Å². The number of carbonyl (C=O) groups excluding carboxylic acids is 1. The molecule has 1 aliphatic heterocycles. The number of para-hydroxylation sites is 1. The number of ether oxygens (including phenoxy) is 2. The van der Waals surface area contributed by atoms with E-state index in [-0.39, 0.29) is 5.56 Å². The van der Waals surface area contributed by atoms with E-state index < -0.39 is 11.6 Å². The molecule has 0 bridgehead atoms. The number of ketones is 1. The highest BCUT2D eigenvalue weighted by atomic mass is 19.1. The van der Waals surface area contributed by atoms with E-state index in [0.717, 1.165) is 5.56 Å². The first-order valence-electron chi connectivity index (χ1n) is 6.36. The van der Waals surface area contributed by atoms with Crippen LogP contribution >= 0.6 is 0 Å². The van der Waals surface area contributed by atoms with Gasteiger partial charge < -0.3 is 9.47 Å². The molecule has 1 aliphatic rings. The summed E-state index contributed by atoms with van der Waals surface area (Å²) < 4.78 is 24.8. The van der Waals surface area contributed by atoms with Crippen LogP contribution in [0.2, 0.25) is 0 Å². The maximum Gasteiger partial charge on any atom is 0.199 e. The van der Waals surface area contributed by atoms with E-state index in [0.29, 0.717) is 30.3 Å². The molecule has 0 aliphatic carbocycles. The van der Waals surface area contributed by atoms with Crippen molar-refractivity contribution in [2.75, 3.05) is 13.2 Å². The summed E-state index contributed by atoms with van der Waals surface area (Å²) in [6, 6.07) is 9.53. The summed E-state index contributed by atoms with van der Waals surface area (Å²) in [6.45, 7) is 2.65. The lowest BCUT2D eigenvalue weighted by Crippen LogP contribution is -2.18. The van der Waals surface area contributed by atoms with E-state index in [9.17, 15) is 9.18 Å². The maximum absolute atomic E-state index is 13.8. The van der Waals surface area contributed by atoms with Crippen molar-refractivity contribution in [3.63, 3.8) is 0 Å². The number of hydrogen-bond donors (Lipinski definition) is 0. The van der Waals surface area contributed by atoms with Crippen molar-refractivity contribution < 1.29 is 18.7 Å². The number of carbonyl (C=O) groups is 1. The van der Waals surface area contributed by atoms with Gasteiger partial charge in [0.1, 0.15) is 19.0 Å². The normalized spacial score (nSPS) is 13.1. The minimum absolute atomic E-state index is 0.0487. The summed E-state index contributed by atoms with van der Waals surface area (Å²) in [4.78, 5) is 12.5. The fourth-order valence-corrected chi connectivity index (χ4v) is 2.21. The van der Waals surface area contributed by atoms with E-state index >= 15 is 0 Å². The van der Waals surface area contributed by atoms with Crippen molar-refractivity contribution >= 4 is 5.78 Å². The van der Waals surface area contributed by atoms with Crippen LogP contribution in [0.3, 0.4) is 0 Å². The summed E-state index contributed by atoms with van der Waals surface area (Å²) >= 11 is 0. The van der Waals surface area contributed by atoms with Crippen LogP contribution in [0.4, 0.5) is 4.39 Å². The van der Waals surface area contributed by atoms with Gasteiger partial charge in [0.05, 0.1) is 11.1 Å². The van der Waals surface area contributed by atoms with Crippen LogP contribution in [0, 0.1) is 12.7 Å². The number of fused-ring (bicyclic) bond motifs is 1. The summed E-state index contributed by atoms with van der Waals surface area (Å²) in [6.07, 6.45) is 0. The van der Waals surface area contributed by atoms with E-state index in [1.807, 2.05) is 6.92 Å². The molecule has 2 aromatic rings. The van der Waals surface area contributed by atoms with Crippen LogP contribution < -0.4 is 9.47 Å². The van der Waals surface area contributed by atoms with Gasteiger partial charge in [0.15, 0.2) is 17.3 Å². The fourth-order valence-electron chi connectivity index (χ4n) is 2.21. The Morgan fingerprint density at radius 3 is 2.75 bits per heavy atom. The quantitative estimate of drug-likeness (QED) is 0.788. The Morgan fingerprint density at radius 2 is 1.90 bits per heavy atom. The molecule has 4 heteroatoms. The van der Waals surface area contributed by atoms with Gasteiger partial charge in [-0.1, -0.05) is 17.7 Å². The molecule has 20 heavy (non-hydrogen) atoms. The molecular weight excluding hydrogens is 259 g/mol. The van der Waals surface area contributed by atoms with Gasteiger partial charge >= 0.3 is 0 Å². The van der Waals surface area contributed by atoms with E-state index in [4.69, 9.17) is 9.47 Å². The number of aryl methyl sites for hydroxylation is 1. The lowest BCUT2D eigenvalue weighted by molar-refractivity contribution is 0.102. The second-order valence-electron chi connectivity index (χ2n) is 4.64. The third-order valence-electron chi connectivity index (χ3n) is 3.18. The van der Waals surface area contributed by atoms with Crippen LogP contribution in [0.15, 0.2) is 36.4 Å². The molecule has 0 fully saturated rings. The topological polar surface area (TPSA) is 35.5 Å². The van der Waals surface area contributed by atoms with Gasteiger partial charge in [0, 0.05) is 0 Å². The largest absolute Gasteiger partial charge is 0.486 e. The molecule has 0 spiro atoms. The maximum atomic E-state index is 13.8. The molecule has 3 nitrogen and oxygen atoms in total. The predicted octanol–water partition coefficient (Wildman–Crippen LogP) is 3.14. The van der Waals surface area contributed by atoms with Gasteiger partial charge in [-0.25, -0.2) is 4.39 Å². The molecular formula is C16H13FO3. The molecule has 0 amide bonds. The molecule has 0 saturated heterocycles. The van der Waals surface area contributed by atoms with Crippen molar-refractivity contribution in [2.45, 2.75) is 6.92 Å². The highest BCUT2D eigenvalue weighted by Gasteiger charge is 2.23. The van der Waals surface area contributed by atoms with Crippen molar-refractivity contribution in [1.82, 2.24) is 0 Å². The van der Waals surface area contributed by atoms with Crippen molar-refractivity contribution in [2.24, 2.45) is 0 Å². The van der Waals surface area contributed by atoms with Gasteiger partial charge in [-0.05, 0) is 31.2 Å². The lowest BCUT2D eigenvalue weighted by Gasteiger charge is -2.20. The standard InChI is InChI=1S/C16H13FO3/c1-10-5-6-13(17)12(9-10)15(18)11-3-2-4-14-16(11)20-8-7-19-14/h2-6,9H,7-8H2,1H3. The minimum atomic E-state index is -0.532. The Kier molecular flexibility index (Phi) is 3.14. The van der Waals surface area contributed by atoms with Crippen LogP contribution in [0.5, 0.6) is 11.5 Å². The minimum Gasteiger partial charge on any atom is -0.486 e. The monoisotopic (exact) mass is 272 g/mol. The smallest absolute Gasteiger partial charge is 0.199 e. The van der Waals surface area contributed by atoms with Crippen molar-refractivity contribution in [3.05, 3.63) is 58.9 Å². The zero-order valence-electron chi connectivity index (χ0n) is 11.0. The Balaban J connectivity index is 2.09. The first-order chi connectivity index (χ1) is 9.66. The van der Waals surface area contributed by atoms with Crippen molar-refractivity contribution in [1.29, 1.82) is 0 Å². The molecule has 0 saturated carbocycles. The third-order valence-corrected chi connectivity index (χ3v) is 3.18. The second kappa shape index (κ2) is 4.96. The van der Waals surface area contributed by atoms with Crippen LogP contribution in [-0.2, 0) is 0 Å². The first kappa shape index (κ1) is 12.7. The Bertz CT molecular complexity index is 679. The summed E-state index contributed by atoms with van der Waals surface area (Å²) in [7, 11) is 0. The highest BCUT2D eigenvalue weighted by Crippen LogP contribution is 2.35. The Hall–Kier alpha value is -2.36. The number of rotatable bonds is 2. The summed E-state index contributed by atoms with van der Waals surface area (Å²) in [5.41, 5.74) is 1.20. The number of hydrogen-bond acceptors (Lipinski definition) is 3. The van der Waals surface area contributed by atoms with Crippen LogP contribution in [0.1, 0.15) is 21.5 Å². The number of halogens is 1. The lowest BCUT2D eigenvalue weighted by atomic mass is 10.00. The Labute approximate surface area is 115 Å². The van der Waals surface area contributed by atoms with E-state index in [2.05, 4.69) is 0 Å². The second-order valence-corrected chi connectivity index (χ2v) is 4.64. The molecule has 0 radical (unpaired) electrons. The predicted molar refractivity (Wildman–Crippen MR) is 72.0 cm³/mol. The number of benzene rings is 2. The summed E-state index contributed by atoms with van der Waals surface area (Å²) in [5.74, 6) is -0.0108. The van der Waals surface area contributed by atoms with Gasteiger partial charge in [0.2, 0.25) is 0 Å². The molecule has 0 N–H and O–H groups in total. The molecule has 2 aromatic carbocycles.